The van der Waals surface area contributed by atoms with Gasteiger partial charge in [-0.15, -0.1) is 0 Å². The fourth-order valence-electron chi connectivity index (χ4n) is 1.00. The molecular weight excluding hydrogens is 168 g/mol. The van der Waals surface area contributed by atoms with Crippen molar-refractivity contribution in [2.75, 3.05) is 7.05 Å². The molecule has 0 radical (unpaired) electrons. The second-order valence-electron chi connectivity index (χ2n) is 2.86. The van der Waals surface area contributed by atoms with Crippen molar-refractivity contribution in [3.63, 3.8) is 0 Å². The largest absolute Gasteiger partial charge is 0.365 e. The SMILES string of the molecule is CNC(=O)Cc1c[nH]c(C)cc1=O. The Balaban J connectivity index is 2.90. The molecule has 1 heterocycles. The maximum absolute atomic E-state index is 11.3. The minimum Gasteiger partial charge on any atom is -0.365 e. The van der Waals surface area contributed by atoms with Gasteiger partial charge in [-0.25, -0.2) is 0 Å². The van der Waals surface area contributed by atoms with Gasteiger partial charge in [-0.1, -0.05) is 0 Å². The van der Waals surface area contributed by atoms with Crippen molar-refractivity contribution in [3.05, 3.63) is 33.7 Å². The first-order chi connectivity index (χ1) is 6.13. The van der Waals surface area contributed by atoms with E-state index in [9.17, 15) is 9.59 Å². The molecule has 1 rings (SSSR count). The van der Waals surface area contributed by atoms with E-state index in [1.807, 2.05) is 0 Å². The van der Waals surface area contributed by atoms with Crippen LogP contribution >= 0.6 is 0 Å². The van der Waals surface area contributed by atoms with Crippen LogP contribution < -0.4 is 10.7 Å². The minimum atomic E-state index is -0.158. The maximum atomic E-state index is 11.3. The molecule has 1 aromatic heterocycles. The Morgan fingerprint density at radius 3 is 2.85 bits per heavy atom. The monoisotopic (exact) mass is 180 g/mol. The van der Waals surface area contributed by atoms with Crippen LogP contribution in [0.15, 0.2) is 17.1 Å². The number of carbonyl (C=O) groups excluding carboxylic acids is 1. The Kier molecular flexibility index (Phi) is 2.84. The third-order valence-corrected chi connectivity index (χ3v) is 1.77. The predicted molar refractivity (Wildman–Crippen MR) is 49.6 cm³/mol. The number of H-pyrrole nitrogens is 1. The van der Waals surface area contributed by atoms with Crippen molar-refractivity contribution < 1.29 is 4.79 Å². The fourth-order valence-corrected chi connectivity index (χ4v) is 1.00. The van der Waals surface area contributed by atoms with E-state index in [-0.39, 0.29) is 17.8 Å². The molecule has 0 fully saturated rings. The van der Waals surface area contributed by atoms with Gasteiger partial charge in [-0.2, -0.15) is 0 Å². The molecule has 0 aromatic carbocycles. The van der Waals surface area contributed by atoms with Crippen LogP contribution in [0, 0.1) is 6.92 Å². The van der Waals surface area contributed by atoms with Crippen LogP contribution in [-0.2, 0) is 11.2 Å². The normalized spacial score (nSPS) is 9.69. The topological polar surface area (TPSA) is 62.0 Å². The van der Waals surface area contributed by atoms with Crippen molar-refractivity contribution in [3.8, 4) is 0 Å². The summed E-state index contributed by atoms with van der Waals surface area (Å²) in [5, 5.41) is 2.46. The molecule has 2 N–H and O–H groups in total. The average Bonchev–Trinajstić information content (AvgIpc) is 2.09. The highest BCUT2D eigenvalue weighted by Crippen LogP contribution is 1.92. The second-order valence-corrected chi connectivity index (χ2v) is 2.86. The Labute approximate surface area is 76.0 Å². The number of aromatic amines is 1. The Bertz CT molecular complexity index is 368. The molecular formula is C9H12N2O2. The van der Waals surface area contributed by atoms with Gasteiger partial charge in [-0.3, -0.25) is 9.59 Å². The summed E-state index contributed by atoms with van der Waals surface area (Å²) in [7, 11) is 1.55. The number of hydrogen-bond acceptors (Lipinski definition) is 2. The first-order valence-corrected chi connectivity index (χ1v) is 4.02. The Morgan fingerprint density at radius 1 is 1.62 bits per heavy atom. The quantitative estimate of drug-likeness (QED) is 0.671. The van der Waals surface area contributed by atoms with E-state index in [1.165, 1.54) is 6.07 Å². The van der Waals surface area contributed by atoms with Crippen molar-refractivity contribution in [2.45, 2.75) is 13.3 Å². The van der Waals surface area contributed by atoms with E-state index >= 15 is 0 Å². The summed E-state index contributed by atoms with van der Waals surface area (Å²) in [6.45, 7) is 1.80. The lowest BCUT2D eigenvalue weighted by molar-refractivity contribution is -0.119. The van der Waals surface area contributed by atoms with Crippen LogP contribution in [-0.4, -0.2) is 17.9 Å². The van der Waals surface area contributed by atoms with Gasteiger partial charge in [0.2, 0.25) is 5.91 Å². The number of nitrogens with one attached hydrogen (secondary N) is 2. The zero-order valence-electron chi connectivity index (χ0n) is 7.68. The summed E-state index contributed by atoms with van der Waals surface area (Å²) >= 11 is 0. The maximum Gasteiger partial charge on any atom is 0.224 e. The molecule has 0 bridgehead atoms. The van der Waals surface area contributed by atoms with Crippen LogP contribution in [0.5, 0.6) is 0 Å². The Morgan fingerprint density at radius 2 is 2.31 bits per heavy atom. The van der Waals surface area contributed by atoms with Gasteiger partial charge in [0.05, 0.1) is 6.42 Å². The van der Waals surface area contributed by atoms with Crippen molar-refractivity contribution in [1.29, 1.82) is 0 Å². The molecule has 0 saturated heterocycles. The highest BCUT2D eigenvalue weighted by atomic mass is 16.1. The van der Waals surface area contributed by atoms with Crippen LogP contribution in [0.2, 0.25) is 0 Å². The number of carbonyl (C=O) groups is 1. The standard InChI is InChI=1S/C9H12N2O2/c1-6-3-8(12)7(5-11-6)4-9(13)10-2/h3,5H,4H2,1-2H3,(H,10,13)(H,11,12). The summed E-state index contributed by atoms with van der Waals surface area (Å²) in [5.41, 5.74) is 1.19. The minimum absolute atomic E-state index is 0.0974. The zero-order chi connectivity index (χ0) is 9.84. The van der Waals surface area contributed by atoms with Gasteiger partial charge in [-0.05, 0) is 6.92 Å². The molecule has 0 unspecified atom stereocenters. The molecule has 4 nitrogen and oxygen atoms in total. The Hall–Kier alpha value is -1.58. The van der Waals surface area contributed by atoms with Gasteiger partial charge in [0.25, 0.3) is 0 Å². The third-order valence-electron chi connectivity index (χ3n) is 1.77. The number of pyridine rings is 1. The lowest BCUT2D eigenvalue weighted by Gasteiger charge is -1.99. The van der Waals surface area contributed by atoms with E-state index < -0.39 is 0 Å². The first kappa shape index (κ1) is 9.51. The average molecular weight is 180 g/mol. The molecule has 1 aromatic rings. The molecule has 1 amide bonds. The fraction of sp³-hybridized carbons (Fsp3) is 0.333. The molecule has 0 aliphatic rings. The van der Waals surface area contributed by atoms with Crippen molar-refractivity contribution >= 4 is 5.91 Å². The van der Waals surface area contributed by atoms with Crippen LogP contribution in [0.4, 0.5) is 0 Å². The lowest BCUT2D eigenvalue weighted by atomic mass is 10.2. The molecule has 4 heteroatoms. The van der Waals surface area contributed by atoms with Gasteiger partial charge in [0.1, 0.15) is 0 Å². The lowest BCUT2D eigenvalue weighted by Crippen LogP contribution is -2.23. The molecule has 0 aliphatic heterocycles. The first-order valence-electron chi connectivity index (χ1n) is 4.02. The van der Waals surface area contributed by atoms with E-state index in [0.29, 0.717) is 5.56 Å². The highest BCUT2D eigenvalue weighted by Gasteiger charge is 2.04. The molecule has 13 heavy (non-hydrogen) atoms. The zero-order valence-corrected chi connectivity index (χ0v) is 7.68. The van der Waals surface area contributed by atoms with E-state index in [2.05, 4.69) is 10.3 Å². The van der Waals surface area contributed by atoms with Crippen molar-refractivity contribution in [2.24, 2.45) is 0 Å². The number of rotatable bonds is 2. The van der Waals surface area contributed by atoms with Gasteiger partial charge >= 0.3 is 0 Å². The van der Waals surface area contributed by atoms with E-state index in [0.717, 1.165) is 5.69 Å². The third kappa shape index (κ3) is 2.43. The van der Waals surface area contributed by atoms with E-state index in [4.69, 9.17) is 0 Å². The van der Waals surface area contributed by atoms with Gasteiger partial charge in [0, 0.05) is 30.6 Å². The predicted octanol–water partition coefficient (Wildman–Crippen LogP) is -0.0282. The summed E-state index contributed by atoms with van der Waals surface area (Å²) in [6.07, 6.45) is 1.71. The molecule has 0 atom stereocenters. The number of aryl methyl sites for hydroxylation is 1. The number of amides is 1. The summed E-state index contributed by atoms with van der Waals surface area (Å²) in [5.74, 6) is -0.158. The number of hydrogen-bond donors (Lipinski definition) is 2. The van der Waals surface area contributed by atoms with Gasteiger partial charge < -0.3 is 10.3 Å². The molecule has 0 spiro atoms. The molecule has 0 saturated carbocycles. The van der Waals surface area contributed by atoms with Crippen LogP contribution in [0.25, 0.3) is 0 Å². The molecule has 70 valence electrons. The van der Waals surface area contributed by atoms with E-state index in [1.54, 1.807) is 20.2 Å². The van der Waals surface area contributed by atoms with Crippen molar-refractivity contribution in [1.82, 2.24) is 10.3 Å². The van der Waals surface area contributed by atoms with Crippen LogP contribution in [0.3, 0.4) is 0 Å². The molecule has 0 aliphatic carbocycles. The second kappa shape index (κ2) is 3.89. The highest BCUT2D eigenvalue weighted by molar-refractivity contribution is 5.78. The summed E-state index contributed by atoms with van der Waals surface area (Å²) in [6, 6.07) is 1.48. The number of aromatic nitrogens is 1. The van der Waals surface area contributed by atoms with Gasteiger partial charge in [0.15, 0.2) is 5.43 Å². The summed E-state index contributed by atoms with van der Waals surface area (Å²) < 4.78 is 0. The van der Waals surface area contributed by atoms with Crippen LogP contribution in [0.1, 0.15) is 11.3 Å². The number of likely N-dealkylation sites (N-methyl/N-ethyl adjacent to an activating group) is 1. The smallest absolute Gasteiger partial charge is 0.224 e. The summed E-state index contributed by atoms with van der Waals surface area (Å²) in [4.78, 5) is 25.1.